The van der Waals surface area contributed by atoms with Crippen LogP contribution in [0.1, 0.15) is 16.8 Å². The number of ether oxygens (including phenoxy) is 2. The molecular formula is C24H20N6O2. The Balaban J connectivity index is 1.14. The van der Waals surface area contributed by atoms with Crippen molar-refractivity contribution in [3.63, 3.8) is 0 Å². The second-order valence-corrected chi connectivity index (χ2v) is 7.87. The van der Waals surface area contributed by atoms with Crippen LogP contribution in [0.4, 0.5) is 0 Å². The SMILES string of the molecule is c1ncc(-c2ncc3c(n2)CCN(Cc2ccc(-c4ccc5c(c4)OCO5)nc2)C3)cn1. The summed E-state index contributed by atoms with van der Waals surface area (Å²) in [6.07, 6.45) is 9.76. The van der Waals surface area contributed by atoms with Crippen molar-refractivity contribution >= 4 is 0 Å². The fourth-order valence-corrected chi connectivity index (χ4v) is 4.07. The predicted octanol–water partition coefficient (Wildman–Crippen LogP) is 3.28. The number of hydrogen-bond donors (Lipinski definition) is 0. The van der Waals surface area contributed by atoms with E-state index in [9.17, 15) is 0 Å². The molecule has 0 aliphatic carbocycles. The van der Waals surface area contributed by atoms with Gasteiger partial charge in [0.2, 0.25) is 6.79 Å². The molecule has 0 atom stereocenters. The Morgan fingerprint density at radius 3 is 2.66 bits per heavy atom. The molecule has 0 spiro atoms. The highest BCUT2D eigenvalue weighted by Crippen LogP contribution is 2.35. The van der Waals surface area contributed by atoms with Gasteiger partial charge in [0, 0.05) is 62.0 Å². The van der Waals surface area contributed by atoms with Crippen LogP contribution >= 0.6 is 0 Å². The van der Waals surface area contributed by atoms with E-state index in [1.165, 1.54) is 17.5 Å². The Hall–Kier alpha value is -3.91. The van der Waals surface area contributed by atoms with Crippen LogP contribution in [-0.2, 0) is 19.5 Å². The van der Waals surface area contributed by atoms with Gasteiger partial charge in [-0.2, -0.15) is 0 Å². The standard InChI is InChI=1S/C24H20N6O2/c1-3-20(17-2-4-22-23(7-17)32-15-31-22)27-8-16(1)12-30-6-5-21-19(13-30)11-28-24(29-21)18-9-25-14-26-10-18/h1-4,7-11,14H,5-6,12-13,15H2. The van der Waals surface area contributed by atoms with E-state index >= 15 is 0 Å². The van der Waals surface area contributed by atoms with Crippen LogP contribution < -0.4 is 9.47 Å². The van der Waals surface area contributed by atoms with Gasteiger partial charge in [-0.1, -0.05) is 6.07 Å². The van der Waals surface area contributed by atoms with E-state index < -0.39 is 0 Å². The number of rotatable bonds is 4. The van der Waals surface area contributed by atoms with Gasteiger partial charge in [-0.25, -0.2) is 19.9 Å². The third-order valence-electron chi connectivity index (χ3n) is 5.73. The topological polar surface area (TPSA) is 86.2 Å². The van der Waals surface area contributed by atoms with Crippen LogP contribution in [0.2, 0.25) is 0 Å². The number of hydrogen-bond acceptors (Lipinski definition) is 8. The average Bonchev–Trinajstić information content (AvgIpc) is 3.33. The first-order valence-electron chi connectivity index (χ1n) is 10.5. The number of aromatic nitrogens is 5. The molecule has 0 saturated carbocycles. The summed E-state index contributed by atoms with van der Waals surface area (Å²) in [5.41, 5.74) is 6.22. The molecule has 158 valence electrons. The summed E-state index contributed by atoms with van der Waals surface area (Å²) in [7, 11) is 0. The van der Waals surface area contributed by atoms with Gasteiger partial charge in [0.1, 0.15) is 6.33 Å². The molecule has 3 aromatic heterocycles. The second kappa shape index (κ2) is 7.97. The molecule has 0 N–H and O–H groups in total. The highest BCUT2D eigenvalue weighted by atomic mass is 16.7. The zero-order valence-corrected chi connectivity index (χ0v) is 17.3. The first-order valence-corrected chi connectivity index (χ1v) is 10.5. The molecule has 1 aromatic carbocycles. The lowest BCUT2D eigenvalue weighted by atomic mass is 10.1. The van der Waals surface area contributed by atoms with E-state index in [0.717, 1.165) is 60.1 Å². The Morgan fingerprint density at radius 2 is 1.78 bits per heavy atom. The molecular weight excluding hydrogens is 404 g/mol. The van der Waals surface area contributed by atoms with Crippen LogP contribution in [0.5, 0.6) is 11.5 Å². The van der Waals surface area contributed by atoms with Gasteiger partial charge < -0.3 is 9.47 Å². The maximum atomic E-state index is 5.47. The molecule has 8 nitrogen and oxygen atoms in total. The minimum atomic E-state index is 0.275. The molecule has 4 aromatic rings. The Morgan fingerprint density at radius 1 is 0.875 bits per heavy atom. The average molecular weight is 424 g/mol. The van der Waals surface area contributed by atoms with Gasteiger partial charge >= 0.3 is 0 Å². The van der Waals surface area contributed by atoms with E-state index in [4.69, 9.17) is 14.5 Å². The molecule has 0 saturated heterocycles. The van der Waals surface area contributed by atoms with Gasteiger partial charge in [-0.15, -0.1) is 0 Å². The quantitative estimate of drug-likeness (QED) is 0.493. The lowest BCUT2D eigenvalue weighted by molar-refractivity contribution is 0.174. The summed E-state index contributed by atoms with van der Waals surface area (Å²) in [6.45, 7) is 2.88. The lowest BCUT2D eigenvalue weighted by Gasteiger charge is -2.28. The predicted molar refractivity (Wildman–Crippen MR) is 117 cm³/mol. The maximum absolute atomic E-state index is 5.47. The fourth-order valence-electron chi connectivity index (χ4n) is 4.07. The minimum Gasteiger partial charge on any atom is -0.454 e. The van der Waals surface area contributed by atoms with E-state index in [1.807, 2.05) is 30.6 Å². The summed E-state index contributed by atoms with van der Waals surface area (Å²) >= 11 is 0. The molecule has 0 unspecified atom stereocenters. The zero-order chi connectivity index (χ0) is 21.3. The molecule has 0 amide bonds. The number of benzene rings is 1. The lowest BCUT2D eigenvalue weighted by Crippen LogP contribution is -2.31. The number of fused-ring (bicyclic) bond motifs is 2. The third kappa shape index (κ3) is 3.65. The van der Waals surface area contributed by atoms with Gasteiger partial charge in [0.15, 0.2) is 17.3 Å². The number of pyridine rings is 1. The van der Waals surface area contributed by atoms with E-state index in [2.05, 4.69) is 37.0 Å². The van der Waals surface area contributed by atoms with E-state index in [1.54, 1.807) is 12.4 Å². The van der Waals surface area contributed by atoms with Crippen molar-refractivity contribution in [3.8, 4) is 34.1 Å². The normalized spacial score (nSPS) is 14.9. The first-order chi connectivity index (χ1) is 15.8. The van der Waals surface area contributed by atoms with Crippen LogP contribution in [0.3, 0.4) is 0 Å². The molecule has 2 aliphatic rings. The summed E-state index contributed by atoms with van der Waals surface area (Å²) < 4.78 is 10.9. The maximum Gasteiger partial charge on any atom is 0.231 e. The molecule has 0 fully saturated rings. The largest absolute Gasteiger partial charge is 0.454 e. The number of nitrogens with zero attached hydrogens (tertiary/aromatic N) is 6. The van der Waals surface area contributed by atoms with Crippen LogP contribution in [0, 0.1) is 0 Å². The molecule has 32 heavy (non-hydrogen) atoms. The van der Waals surface area contributed by atoms with Crippen molar-refractivity contribution in [3.05, 3.63) is 78.3 Å². The molecule has 8 heteroatoms. The molecule has 0 radical (unpaired) electrons. The Labute approximate surface area is 185 Å². The van der Waals surface area contributed by atoms with Gasteiger partial charge in [0.25, 0.3) is 0 Å². The minimum absolute atomic E-state index is 0.275. The highest BCUT2D eigenvalue weighted by Gasteiger charge is 2.19. The van der Waals surface area contributed by atoms with Crippen molar-refractivity contribution in [1.29, 1.82) is 0 Å². The van der Waals surface area contributed by atoms with Crippen LogP contribution in [0.15, 0.2) is 61.4 Å². The molecule has 2 aliphatic heterocycles. The second-order valence-electron chi connectivity index (χ2n) is 7.87. The van der Waals surface area contributed by atoms with Crippen molar-refractivity contribution in [2.75, 3.05) is 13.3 Å². The van der Waals surface area contributed by atoms with Gasteiger partial charge in [-0.3, -0.25) is 9.88 Å². The first kappa shape index (κ1) is 18.8. The zero-order valence-electron chi connectivity index (χ0n) is 17.3. The smallest absolute Gasteiger partial charge is 0.231 e. The summed E-state index contributed by atoms with van der Waals surface area (Å²) in [6, 6.07) is 10.1. The van der Waals surface area contributed by atoms with Crippen molar-refractivity contribution in [2.24, 2.45) is 0 Å². The monoisotopic (exact) mass is 424 g/mol. The molecule has 0 bridgehead atoms. The third-order valence-corrected chi connectivity index (χ3v) is 5.73. The van der Waals surface area contributed by atoms with E-state index in [-0.39, 0.29) is 6.79 Å². The van der Waals surface area contributed by atoms with Crippen molar-refractivity contribution in [2.45, 2.75) is 19.5 Å². The Kier molecular flexibility index (Phi) is 4.69. The van der Waals surface area contributed by atoms with Crippen molar-refractivity contribution in [1.82, 2.24) is 29.8 Å². The Bertz CT molecular complexity index is 1260. The summed E-state index contributed by atoms with van der Waals surface area (Å²) in [5, 5.41) is 0. The fraction of sp³-hybridized carbons (Fsp3) is 0.208. The van der Waals surface area contributed by atoms with Crippen LogP contribution in [0.25, 0.3) is 22.6 Å². The highest BCUT2D eigenvalue weighted by molar-refractivity contribution is 5.64. The van der Waals surface area contributed by atoms with Crippen LogP contribution in [-0.4, -0.2) is 43.2 Å². The summed E-state index contributed by atoms with van der Waals surface area (Å²) in [5.74, 6) is 2.23. The molecule has 5 heterocycles. The molecule has 6 rings (SSSR count). The van der Waals surface area contributed by atoms with Crippen molar-refractivity contribution < 1.29 is 9.47 Å². The van der Waals surface area contributed by atoms with Gasteiger partial charge in [-0.05, 0) is 29.8 Å². The van der Waals surface area contributed by atoms with Gasteiger partial charge in [0.05, 0.1) is 17.0 Å². The summed E-state index contributed by atoms with van der Waals surface area (Å²) in [4.78, 5) is 24.4. The van der Waals surface area contributed by atoms with E-state index in [0.29, 0.717) is 5.82 Å².